The number of nitrogens with one attached hydrogen (secondary N) is 1. The van der Waals surface area contributed by atoms with Gasteiger partial charge in [0.1, 0.15) is 0 Å². The van der Waals surface area contributed by atoms with Gasteiger partial charge in [0.25, 0.3) is 5.91 Å². The average Bonchev–Trinajstić information content (AvgIpc) is 2.27. The summed E-state index contributed by atoms with van der Waals surface area (Å²) in [5, 5.41) is 3.03. The van der Waals surface area contributed by atoms with E-state index in [2.05, 4.69) is 40.0 Å². The lowest BCUT2D eigenvalue weighted by molar-refractivity contribution is 0.0928. The van der Waals surface area contributed by atoms with Crippen LogP contribution in [0.15, 0.2) is 22.7 Å². The van der Waals surface area contributed by atoms with Gasteiger partial charge in [0.05, 0.1) is 0 Å². The Balaban J connectivity index is 2.68. The predicted octanol–water partition coefficient (Wildman–Crippen LogP) is 3.08. The monoisotopic (exact) mass is 326 g/mol. The number of halogens is 1. The van der Waals surface area contributed by atoms with Crippen molar-refractivity contribution in [3.63, 3.8) is 0 Å². The van der Waals surface area contributed by atoms with Crippen molar-refractivity contribution in [1.82, 2.24) is 10.2 Å². The van der Waals surface area contributed by atoms with Crippen LogP contribution in [-0.2, 0) is 0 Å². The maximum atomic E-state index is 12.2. The van der Waals surface area contributed by atoms with E-state index >= 15 is 0 Å². The first-order valence-electron chi connectivity index (χ1n) is 6.40. The lowest BCUT2D eigenvalue weighted by atomic mass is 9.92. The number of carbonyl (C=O) groups excluding carboxylic acids is 1. The van der Waals surface area contributed by atoms with Gasteiger partial charge in [0.15, 0.2) is 0 Å². The minimum atomic E-state index is -0.00867. The molecule has 0 atom stereocenters. The van der Waals surface area contributed by atoms with Crippen molar-refractivity contribution in [2.45, 2.75) is 20.8 Å². The topological polar surface area (TPSA) is 32.3 Å². The molecule has 0 saturated heterocycles. The van der Waals surface area contributed by atoms with Gasteiger partial charge in [-0.3, -0.25) is 4.79 Å². The SMILES string of the molecule is Cc1ccc(Br)cc1C(=O)NCC(C)(C)CN(C)C. The second-order valence-electron chi connectivity index (χ2n) is 6.04. The molecule has 0 aromatic heterocycles. The van der Waals surface area contributed by atoms with Crippen molar-refractivity contribution in [2.24, 2.45) is 5.41 Å². The summed E-state index contributed by atoms with van der Waals surface area (Å²) in [6.07, 6.45) is 0. The van der Waals surface area contributed by atoms with Gasteiger partial charge < -0.3 is 10.2 Å². The van der Waals surface area contributed by atoms with E-state index in [-0.39, 0.29) is 11.3 Å². The van der Waals surface area contributed by atoms with Crippen molar-refractivity contribution in [1.29, 1.82) is 0 Å². The second kappa shape index (κ2) is 6.53. The van der Waals surface area contributed by atoms with Gasteiger partial charge in [0, 0.05) is 23.1 Å². The van der Waals surface area contributed by atoms with Crippen molar-refractivity contribution in [2.75, 3.05) is 27.2 Å². The highest BCUT2D eigenvalue weighted by molar-refractivity contribution is 9.10. The Morgan fingerprint density at radius 1 is 1.37 bits per heavy atom. The van der Waals surface area contributed by atoms with E-state index < -0.39 is 0 Å². The molecule has 19 heavy (non-hydrogen) atoms. The Labute approximate surface area is 124 Å². The lowest BCUT2D eigenvalue weighted by Crippen LogP contribution is -2.40. The van der Waals surface area contributed by atoms with Crippen LogP contribution in [0.25, 0.3) is 0 Å². The summed E-state index contributed by atoms with van der Waals surface area (Å²) >= 11 is 3.40. The molecule has 1 N–H and O–H groups in total. The standard InChI is InChI=1S/C15H23BrN2O/c1-11-6-7-12(16)8-13(11)14(19)17-9-15(2,3)10-18(4)5/h6-8H,9-10H2,1-5H3,(H,17,19). The molecular formula is C15H23BrN2O. The number of carbonyl (C=O) groups is 1. The lowest BCUT2D eigenvalue weighted by Gasteiger charge is -2.28. The highest BCUT2D eigenvalue weighted by atomic mass is 79.9. The molecule has 0 aliphatic carbocycles. The number of nitrogens with zero attached hydrogens (tertiary/aromatic N) is 1. The highest BCUT2D eigenvalue weighted by Gasteiger charge is 2.20. The molecule has 0 heterocycles. The fraction of sp³-hybridized carbons (Fsp3) is 0.533. The molecule has 0 aliphatic heterocycles. The van der Waals surface area contributed by atoms with Gasteiger partial charge in [-0.1, -0.05) is 35.8 Å². The van der Waals surface area contributed by atoms with Crippen LogP contribution in [-0.4, -0.2) is 38.0 Å². The molecule has 0 aliphatic rings. The zero-order chi connectivity index (χ0) is 14.6. The minimum absolute atomic E-state index is 0.00867. The van der Waals surface area contributed by atoms with Crippen LogP contribution in [0.4, 0.5) is 0 Å². The summed E-state index contributed by atoms with van der Waals surface area (Å²) in [7, 11) is 4.09. The molecule has 0 fully saturated rings. The van der Waals surface area contributed by atoms with E-state index in [9.17, 15) is 4.79 Å². The van der Waals surface area contributed by atoms with Crippen molar-refractivity contribution < 1.29 is 4.79 Å². The molecule has 1 aromatic rings. The first kappa shape index (κ1) is 16.2. The Morgan fingerprint density at radius 3 is 2.58 bits per heavy atom. The molecule has 1 aromatic carbocycles. The summed E-state index contributed by atoms with van der Waals surface area (Å²) < 4.78 is 0.927. The maximum Gasteiger partial charge on any atom is 0.251 e. The molecule has 106 valence electrons. The number of hydrogen-bond acceptors (Lipinski definition) is 2. The molecule has 0 bridgehead atoms. The molecule has 1 rings (SSSR count). The Bertz CT molecular complexity index is 455. The summed E-state index contributed by atoms with van der Waals surface area (Å²) in [5.41, 5.74) is 1.78. The first-order valence-corrected chi connectivity index (χ1v) is 7.20. The number of hydrogen-bond donors (Lipinski definition) is 1. The molecule has 0 saturated carbocycles. The minimum Gasteiger partial charge on any atom is -0.351 e. The fourth-order valence-corrected chi connectivity index (χ4v) is 2.53. The van der Waals surface area contributed by atoms with Gasteiger partial charge in [-0.05, 0) is 44.1 Å². The number of amides is 1. The van der Waals surface area contributed by atoms with Crippen LogP contribution < -0.4 is 5.32 Å². The molecule has 0 radical (unpaired) electrons. The van der Waals surface area contributed by atoms with Crippen molar-refractivity contribution in [3.05, 3.63) is 33.8 Å². The van der Waals surface area contributed by atoms with E-state index in [1.165, 1.54) is 0 Å². The van der Waals surface area contributed by atoms with Crippen LogP contribution >= 0.6 is 15.9 Å². The molecule has 1 amide bonds. The fourth-order valence-electron chi connectivity index (χ4n) is 2.17. The highest BCUT2D eigenvalue weighted by Crippen LogP contribution is 2.17. The third-order valence-electron chi connectivity index (χ3n) is 2.92. The first-order chi connectivity index (χ1) is 8.71. The second-order valence-corrected chi connectivity index (χ2v) is 6.96. The van der Waals surface area contributed by atoms with Gasteiger partial charge in [-0.2, -0.15) is 0 Å². The van der Waals surface area contributed by atoms with Crippen molar-refractivity contribution in [3.8, 4) is 0 Å². The van der Waals surface area contributed by atoms with E-state index in [0.717, 1.165) is 22.1 Å². The summed E-state index contributed by atoms with van der Waals surface area (Å²) in [5.74, 6) is -0.00867. The van der Waals surface area contributed by atoms with Gasteiger partial charge in [-0.15, -0.1) is 0 Å². The van der Waals surface area contributed by atoms with Crippen LogP contribution in [0.1, 0.15) is 29.8 Å². The Kier molecular flexibility index (Phi) is 5.56. The normalized spacial score (nSPS) is 11.7. The predicted molar refractivity (Wildman–Crippen MR) is 83.5 cm³/mol. The third-order valence-corrected chi connectivity index (χ3v) is 3.41. The zero-order valence-corrected chi connectivity index (χ0v) is 14.0. The molecule has 3 nitrogen and oxygen atoms in total. The third kappa shape index (κ3) is 5.33. The Morgan fingerprint density at radius 2 is 2.00 bits per heavy atom. The molecular weight excluding hydrogens is 304 g/mol. The average molecular weight is 327 g/mol. The van der Waals surface area contributed by atoms with Crippen LogP contribution in [0.2, 0.25) is 0 Å². The van der Waals surface area contributed by atoms with E-state index in [4.69, 9.17) is 0 Å². The van der Waals surface area contributed by atoms with E-state index in [1.54, 1.807) is 0 Å². The van der Waals surface area contributed by atoms with Crippen LogP contribution in [0.3, 0.4) is 0 Å². The van der Waals surface area contributed by atoms with E-state index in [0.29, 0.717) is 6.54 Å². The van der Waals surface area contributed by atoms with Crippen LogP contribution in [0.5, 0.6) is 0 Å². The number of aryl methyl sites for hydroxylation is 1. The molecule has 0 spiro atoms. The molecule has 0 unspecified atom stereocenters. The zero-order valence-electron chi connectivity index (χ0n) is 12.4. The number of rotatable bonds is 5. The van der Waals surface area contributed by atoms with Crippen LogP contribution in [0, 0.1) is 12.3 Å². The smallest absolute Gasteiger partial charge is 0.251 e. The number of benzene rings is 1. The quantitative estimate of drug-likeness (QED) is 0.901. The van der Waals surface area contributed by atoms with E-state index in [1.807, 2.05) is 39.2 Å². The largest absolute Gasteiger partial charge is 0.351 e. The summed E-state index contributed by atoms with van der Waals surface area (Å²) in [6.45, 7) is 7.86. The summed E-state index contributed by atoms with van der Waals surface area (Å²) in [6, 6.07) is 5.76. The van der Waals surface area contributed by atoms with Gasteiger partial charge in [0.2, 0.25) is 0 Å². The molecule has 4 heteroatoms. The maximum absolute atomic E-state index is 12.2. The Hall–Kier alpha value is -0.870. The van der Waals surface area contributed by atoms with Crippen molar-refractivity contribution >= 4 is 21.8 Å². The van der Waals surface area contributed by atoms with Gasteiger partial charge in [-0.25, -0.2) is 0 Å². The summed E-state index contributed by atoms with van der Waals surface area (Å²) in [4.78, 5) is 14.3. The van der Waals surface area contributed by atoms with Gasteiger partial charge >= 0.3 is 0 Å².